The van der Waals surface area contributed by atoms with E-state index < -0.39 is 5.97 Å². The summed E-state index contributed by atoms with van der Waals surface area (Å²) >= 11 is 0. The van der Waals surface area contributed by atoms with Gasteiger partial charge in [0.2, 0.25) is 5.91 Å². The molecule has 1 unspecified atom stereocenters. The predicted molar refractivity (Wildman–Crippen MR) is 115 cm³/mol. The van der Waals surface area contributed by atoms with Crippen molar-refractivity contribution in [3.63, 3.8) is 0 Å². The van der Waals surface area contributed by atoms with Gasteiger partial charge in [0, 0.05) is 35.7 Å². The molecule has 2 aromatic carbocycles. The number of aromatic carboxylic acids is 1. The molecule has 1 aliphatic carbocycles. The predicted octanol–water partition coefficient (Wildman–Crippen LogP) is 5.04. The first-order valence-electron chi connectivity index (χ1n) is 10.4. The Balaban J connectivity index is 1.81. The molecule has 1 amide bonds. The molecule has 1 N–H and O–H groups in total. The van der Waals surface area contributed by atoms with Gasteiger partial charge in [-0.2, -0.15) is 0 Å². The Kier molecular flexibility index (Phi) is 5.29. The number of benzene rings is 2. The van der Waals surface area contributed by atoms with Gasteiger partial charge in [-0.15, -0.1) is 0 Å². The van der Waals surface area contributed by atoms with E-state index in [9.17, 15) is 19.5 Å². The normalized spacial score (nSPS) is 19.3. The zero-order chi connectivity index (χ0) is 21.4. The lowest BCUT2D eigenvalue weighted by molar-refractivity contribution is -0.119. The number of hydrogen-bond acceptors (Lipinski definition) is 3. The summed E-state index contributed by atoms with van der Waals surface area (Å²) in [6.07, 6.45) is 2.00. The van der Waals surface area contributed by atoms with Gasteiger partial charge in [0.25, 0.3) is 0 Å². The Morgan fingerprint density at radius 3 is 2.47 bits per heavy atom. The van der Waals surface area contributed by atoms with Crippen LogP contribution in [0.3, 0.4) is 0 Å². The quantitative estimate of drug-likeness (QED) is 0.776. The highest BCUT2D eigenvalue weighted by Gasteiger charge is 2.39. The second-order valence-electron chi connectivity index (χ2n) is 8.30. The molecule has 2 aromatic rings. The number of anilines is 1. The lowest BCUT2D eigenvalue weighted by Crippen LogP contribution is -2.40. The molecule has 5 heteroatoms. The summed E-state index contributed by atoms with van der Waals surface area (Å²) in [6, 6.07) is 14.6. The fourth-order valence-electron chi connectivity index (χ4n) is 4.47. The monoisotopic (exact) mass is 403 g/mol. The lowest BCUT2D eigenvalue weighted by Gasteiger charge is -2.38. The average Bonchev–Trinajstić information content (AvgIpc) is 2.73. The van der Waals surface area contributed by atoms with Gasteiger partial charge in [0.1, 0.15) is 0 Å². The molecule has 0 aromatic heterocycles. The second-order valence-corrected chi connectivity index (χ2v) is 8.30. The summed E-state index contributed by atoms with van der Waals surface area (Å²) in [5.41, 5.74) is 4.26. The van der Waals surface area contributed by atoms with Gasteiger partial charge < -0.3 is 5.11 Å². The van der Waals surface area contributed by atoms with E-state index in [1.54, 1.807) is 17.0 Å². The van der Waals surface area contributed by atoms with Crippen LogP contribution in [0.4, 0.5) is 5.69 Å². The Morgan fingerprint density at radius 2 is 1.80 bits per heavy atom. The molecule has 1 aliphatic heterocycles. The molecule has 1 heterocycles. The van der Waals surface area contributed by atoms with E-state index in [-0.39, 0.29) is 29.6 Å². The number of amides is 1. The third-order valence-corrected chi connectivity index (χ3v) is 6.03. The number of carbonyl (C=O) groups is 3. The average molecular weight is 403 g/mol. The number of carboxylic acid groups (broad SMARTS) is 1. The third kappa shape index (κ3) is 3.56. The van der Waals surface area contributed by atoms with Gasteiger partial charge in [0.15, 0.2) is 5.78 Å². The molecule has 0 saturated carbocycles. The first-order valence-corrected chi connectivity index (χ1v) is 10.4. The second kappa shape index (κ2) is 7.90. The van der Waals surface area contributed by atoms with E-state index in [1.807, 2.05) is 12.1 Å². The van der Waals surface area contributed by atoms with Crippen LogP contribution in [0.25, 0.3) is 0 Å². The number of Topliss-reactive ketones (excluding diaryl/α,β-unsaturated/α-hetero) is 1. The van der Waals surface area contributed by atoms with Crippen LogP contribution in [-0.4, -0.2) is 22.8 Å². The maximum absolute atomic E-state index is 13.2. The molecule has 2 aliphatic rings. The topological polar surface area (TPSA) is 74.7 Å². The Bertz CT molecular complexity index is 1050. The van der Waals surface area contributed by atoms with Gasteiger partial charge in [0.05, 0.1) is 5.56 Å². The van der Waals surface area contributed by atoms with E-state index in [2.05, 4.69) is 26.0 Å². The summed E-state index contributed by atoms with van der Waals surface area (Å²) in [5, 5.41) is 9.33. The number of nitrogens with zero attached hydrogens (tertiary/aromatic N) is 1. The van der Waals surface area contributed by atoms with E-state index in [0.29, 0.717) is 36.4 Å². The number of rotatable bonds is 4. The smallest absolute Gasteiger partial charge is 0.335 e. The molecule has 0 bridgehead atoms. The molecule has 0 saturated heterocycles. The number of carbonyl (C=O) groups excluding carboxylic acids is 2. The van der Waals surface area contributed by atoms with E-state index in [1.165, 1.54) is 17.7 Å². The van der Waals surface area contributed by atoms with Gasteiger partial charge >= 0.3 is 5.97 Å². The van der Waals surface area contributed by atoms with Gasteiger partial charge in [-0.25, -0.2) is 4.79 Å². The number of carboxylic acids is 1. The van der Waals surface area contributed by atoms with Crippen LogP contribution in [-0.2, 0) is 9.59 Å². The first kappa shape index (κ1) is 20.1. The minimum atomic E-state index is -1.04. The van der Waals surface area contributed by atoms with Gasteiger partial charge in [-0.1, -0.05) is 44.2 Å². The van der Waals surface area contributed by atoms with Crippen LogP contribution < -0.4 is 4.90 Å². The largest absolute Gasteiger partial charge is 0.478 e. The molecule has 0 radical (unpaired) electrons. The summed E-state index contributed by atoms with van der Waals surface area (Å²) in [7, 11) is 0. The zero-order valence-electron chi connectivity index (χ0n) is 17.2. The van der Waals surface area contributed by atoms with Crippen LogP contribution in [0.5, 0.6) is 0 Å². The summed E-state index contributed by atoms with van der Waals surface area (Å²) < 4.78 is 0. The summed E-state index contributed by atoms with van der Waals surface area (Å²) in [4.78, 5) is 39.1. The van der Waals surface area contributed by atoms with Gasteiger partial charge in [-0.3, -0.25) is 14.5 Å². The Hall–Kier alpha value is -3.21. The highest BCUT2D eigenvalue weighted by molar-refractivity contribution is 6.07. The van der Waals surface area contributed by atoms with Crippen LogP contribution in [0.1, 0.15) is 72.9 Å². The van der Waals surface area contributed by atoms with Crippen molar-refractivity contribution in [2.24, 2.45) is 0 Å². The minimum absolute atomic E-state index is 0.0843. The molecule has 4 rings (SSSR count). The zero-order valence-corrected chi connectivity index (χ0v) is 17.2. The minimum Gasteiger partial charge on any atom is -0.478 e. The van der Waals surface area contributed by atoms with Crippen molar-refractivity contribution < 1.29 is 19.5 Å². The maximum Gasteiger partial charge on any atom is 0.335 e. The van der Waals surface area contributed by atoms with Crippen LogP contribution in [0.15, 0.2) is 59.8 Å². The van der Waals surface area contributed by atoms with E-state index >= 15 is 0 Å². The van der Waals surface area contributed by atoms with Crippen LogP contribution >= 0.6 is 0 Å². The van der Waals surface area contributed by atoms with E-state index in [4.69, 9.17) is 0 Å². The Morgan fingerprint density at radius 1 is 1.07 bits per heavy atom. The fraction of sp³-hybridized carbons (Fsp3) is 0.320. The first-order chi connectivity index (χ1) is 14.4. The fourth-order valence-corrected chi connectivity index (χ4v) is 4.47. The molecular formula is C25H25NO4. The summed E-state index contributed by atoms with van der Waals surface area (Å²) in [6.45, 7) is 4.26. The standard InChI is InChI=1S/C25H25NO4/c1-15(2)16-9-11-17(12-10-16)20-14-23(28)26(21-7-4-8-22(27)24(20)21)19-6-3-5-18(13-19)25(29)30/h3,5-6,9-13,15,20H,4,7-8,14H2,1-2H3,(H,29,30). The van der Waals surface area contributed by atoms with Crippen LogP contribution in [0, 0.1) is 0 Å². The molecular weight excluding hydrogens is 378 g/mol. The molecule has 0 fully saturated rings. The molecule has 5 nitrogen and oxygen atoms in total. The van der Waals surface area contributed by atoms with Crippen LogP contribution in [0.2, 0.25) is 0 Å². The van der Waals surface area contributed by atoms with Crippen molar-refractivity contribution in [2.45, 2.75) is 51.4 Å². The molecule has 154 valence electrons. The lowest BCUT2D eigenvalue weighted by atomic mass is 9.77. The van der Waals surface area contributed by atoms with Crippen molar-refractivity contribution in [3.05, 3.63) is 76.5 Å². The molecule has 1 atom stereocenters. The molecule has 30 heavy (non-hydrogen) atoms. The highest BCUT2D eigenvalue weighted by Crippen LogP contribution is 2.43. The number of allylic oxidation sites excluding steroid dienone is 2. The SMILES string of the molecule is CC(C)c1ccc(C2CC(=O)N(c3cccc(C(=O)O)c3)C3=C2C(=O)CCC3)cc1. The highest BCUT2D eigenvalue weighted by atomic mass is 16.4. The van der Waals surface area contributed by atoms with Crippen molar-refractivity contribution in [3.8, 4) is 0 Å². The van der Waals surface area contributed by atoms with Crippen molar-refractivity contribution >= 4 is 23.3 Å². The van der Waals surface area contributed by atoms with Crippen molar-refractivity contribution in [1.29, 1.82) is 0 Å². The number of hydrogen-bond donors (Lipinski definition) is 1. The molecule has 0 spiro atoms. The van der Waals surface area contributed by atoms with E-state index in [0.717, 1.165) is 11.3 Å². The Labute approximate surface area is 176 Å². The third-order valence-electron chi connectivity index (χ3n) is 6.03. The summed E-state index contributed by atoms with van der Waals surface area (Å²) in [5.74, 6) is -0.904. The van der Waals surface area contributed by atoms with Gasteiger partial charge in [-0.05, 0) is 48.1 Å². The van der Waals surface area contributed by atoms with Crippen molar-refractivity contribution in [2.75, 3.05) is 4.90 Å². The number of ketones is 1. The van der Waals surface area contributed by atoms with Crippen molar-refractivity contribution in [1.82, 2.24) is 0 Å². The maximum atomic E-state index is 13.2.